The molecule has 2 aromatic carbocycles. The number of anilines is 1. The summed E-state index contributed by atoms with van der Waals surface area (Å²) in [4.78, 5) is 5.62. The predicted molar refractivity (Wildman–Crippen MR) is 111 cm³/mol. The van der Waals surface area contributed by atoms with Crippen molar-refractivity contribution in [3.05, 3.63) is 64.3 Å². The summed E-state index contributed by atoms with van der Waals surface area (Å²) in [6, 6.07) is 8.87. The number of aliphatic hydroxyl groups excluding tert-OH is 1. The molecule has 0 unspecified atom stereocenters. The van der Waals surface area contributed by atoms with Gasteiger partial charge < -0.3 is 19.8 Å². The first-order chi connectivity index (χ1) is 14.3. The molecule has 1 saturated heterocycles. The van der Waals surface area contributed by atoms with Crippen LogP contribution in [0.3, 0.4) is 0 Å². The minimum absolute atomic E-state index is 0.0363. The molecule has 4 rings (SSSR count). The van der Waals surface area contributed by atoms with Crippen molar-refractivity contribution in [2.75, 3.05) is 24.6 Å². The lowest BCUT2D eigenvalue weighted by Gasteiger charge is -2.42. The van der Waals surface area contributed by atoms with Crippen molar-refractivity contribution in [2.45, 2.75) is 18.1 Å². The number of pyridine rings is 1. The molecule has 2 heterocycles. The molecule has 2 atom stereocenters. The van der Waals surface area contributed by atoms with Gasteiger partial charge in [0, 0.05) is 29.7 Å². The average Bonchev–Trinajstić information content (AvgIpc) is 2.70. The van der Waals surface area contributed by atoms with Gasteiger partial charge in [-0.2, -0.15) is 0 Å². The third kappa shape index (κ3) is 3.90. The maximum Gasteiger partial charge on any atom is 0.151 e. The largest absolute Gasteiger partial charge is 0.488 e. The summed E-state index contributed by atoms with van der Waals surface area (Å²) in [5.41, 5.74) is -1.35. The zero-order valence-electron chi connectivity index (χ0n) is 15.7. The van der Waals surface area contributed by atoms with Crippen LogP contribution < -0.4 is 9.64 Å². The highest BCUT2D eigenvalue weighted by atomic mass is 35.5. The highest BCUT2D eigenvalue weighted by molar-refractivity contribution is 6.35. The van der Waals surface area contributed by atoms with Gasteiger partial charge in [0.1, 0.15) is 35.3 Å². The minimum atomic E-state index is -1.60. The molecule has 1 aliphatic heterocycles. The van der Waals surface area contributed by atoms with E-state index in [4.69, 9.17) is 27.9 Å². The number of aromatic nitrogens is 1. The van der Waals surface area contributed by atoms with E-state index in [-0.39, 0.29) is 36.8 Å². The molecule has 5 nitrogen and oxygen atoms in total. The highest BCUT2D eigenvalue weighted by Gasteiger charge is 2.42. The molecule has 2 N–H and O–H groups in total. The molecule has 0 amide bonds. The number of rotatable bonds is 4. The van der Waals surface area contributed by atoms with Gasteiger partial charge in [-0.05, 0) is 42.8 Å². The zero-order chi connectivity index (χ0) is 21.5. The lowest BCUT2D eigenvalue weighted by atomic mass is 9.89. The summed E-state index contributed by atoms with van der Waals surface area (Å²) in [5, 5.41) is 22.6. The number of fused-ring (bicyclic) bond motifs is 1. The fourth-order valence-corrected chi connectivity index (χ4v) is 4.01. The average molecular weight is 455 g/mol. The Kier molecular flexibility index (Phi) is 5.72. The van der Waals surface area contributed by atoms with Crippen LogP contribution in [0.2, 0.25) is 10.0 Å². The molecule has 1 aromatic heterocycles. The topological polar surface area (TPSA) is 65.8 Å². The molecule has 9 heteroatoms. The van der Waals surface area contributed by atoms with E-state index in [2.05, 4.69) is 4.98 Å². The normalized spacial score (nSPS) is 21.8. The Hall–Kier alpha value is -2.19. The Balaban J connectivity index is 1.50. The Bertz CT molecular complexity index is 1080. The van der Waals surface area contributed by atoms with Crippen LogP contribution in [0.4, 0.5) is 14.5 Å². The van der Waals surface area contributed by atoms with E-state index in [1.807, 2.05) is 0 Å². The smallest absolute Gasteiger partial charge is 0.151 e. The number of hydrogen-bond donors (Lipinski definition) is 2. The number of aliphatic hydroxyl groups is 2. The fourth-order valence-electron chi connectivity index (χ4n) is 3.60. The number of hydrogen-bond acceptors (Lipinski definition) is 5. The Labute approximate surface area is 181 Å². The van der Waals surface area contributed by atoms with Crippen LogP contribution in [0.5, 0.6) is 5.75 Å². The summed E-state index contributed by atoms with van der Waals surface area (Å²) in [5.74, 6) is -1.24. The van der Waals surface area contributed by atoms with Crippen LogP contribution in [0, 0.1) is 11.6 Å². The SMILES string of the molecule is O[C@@H]1CN(c2c(F)cc(Cl)cc2F)CC[C@@]1(O)COc1ccc(Cl)c2cccnc12. The number of piperidine rings is 1. The van der Waals surface area contributed by atoms with Crippen molar-refractivity contribution < 1.29 is 23.7 Å². The summed E-state index contributed by atoms with van der Waals surface area (Å²) < 4.78 is 34.2. The maximum atomic E-state index is 14.2. The summed E-state index contributed by atoms with van der Waals surface area (Å²) in [6.07, 6.45) is 0.337. The first-order valence-corrected chi connectivity index (χ1v) is 10.00. The van der Waals surface area contributed by atoms with Crippen LogP contribution in [-0.4, -0.2) is 46.6 Å². The van der Waals surface area contributed by atoms with Crippen LogP contribution in [0.15, 0.2) is 42.6 Å². The molecular formula is C21H18Cl2F2N2O3. The molecule has 1 fully saturated rings. The standard InChI is InChI=1S/C21H18Cl2F2N2O3/c22-12-8-15(24)20(16(25)9-12)27-7-5-21(29,18(28)10-27)11-30-17-4-3-14(23)13-2-1-6-26-19(13)17/h1-4,6,8-9,18,28-29H,5,7,10-11H2/t18-,21-/m1/s1. The Morgan fingerprint density at radius 2 is 1.93 bits per heavy atom. The van der Waals surface area contributed by atoms with Gasteiger partial charge in [0.15, 0.2) is 11.6 Å². The van der Waals surface area contributed by atoms with Crippen LogP contribution in [0.25, 0.3) is 10.9 Å². The van der Waals surface area contributed by atoms with E-state index in [0.717, 1.165) is 12.1 Å². The van der Waals surface area contributed by atoms with Gasteiger partial charge in [-0.1, -0.05) is 23.2 Å². The van der Waals surface area contributed by atoms with Gasteiger partial charge >= 0.3 is 0 Å². The van der Waals surface area contributed by atoms with Crippen molar-refractivity contribution >= 4 is 39.8 Å². The summed E-state index contributed by atoms with van der Waals surface area (Å²) >= 11 is 11.8. The van der Waals surface area contributed by atoms with Gasteiger partial charge in [-0.3, -0.25) is 4.98 Å². The Morgan fingerprint density at radius 1 is 1.20 bits per heavy atom. The molecule has 0 saturated carbocycles. The molecule has 0 bridgehead atoms. The van der Waals surface area contributed by atoms with E-state index in [9.17, 15) is 19.0 Å². The first kappa shape index (κ1) is 21.1. The molecule has 3 aromatic rings. The third-order valence-corrected chi connectivity index (χ3v) is 5.83. The molecule has 1 aliphatic rings. The highest BCUT2D eigenvalue weighted by Crippen LogP contribution is 2.34. The number of nitrogens with zero attached hydrogens (tertiary/aromatic N) is 2. The van der Waals surface area contributed by atoms with Gasteiger partial charge in [0.25, 0.3) is 0 Å². The van der Waals surface area contributed by atoms with Crippen molar-refractivity contribution in [3.63, 3.8) is 0 Å². The number of halogens is 4. The quantitative estimate of drug-likeness (QED) is 0.618. The van der Waals surface area contributed by atoms with Gasteiger partial charge in [-0.25, -0.2) is 8.78 Å². The molecule has 0 aliphatic carbocycles. The van der Waals surface area contributed by atoms with E-state index < -0.39 is 23.3 Å². The second-order valence-corrected chi connectivity index (χ2v) is 8.11. The lowest BCUT2D eigenvalue weighted by Crippen LogP contribution is -2.58. The summed E-state index contributed by atoms with van der Waals surface area (Å²) in [6.45, 7) is -0.276. The molecule has 30 heavy (non-hydrogen) atoms. The zero-order valence-corrected chi connectivity index (χ0v) is 17.2. The molecule has 0 spiro atoms. The number of β-amino-alcohol motifs (C(OH)–C–C–N with tert-alkyl or cyclic N) is 1. The second kappa shape index (κ2) is 8.15. The second-order valence-electron chi connectivity index (χ2n) is 7.27. The predicted octanol–water partition coefficient (Wildman–Crippen LogP) is 4.20. The first-order valence-electron chi connectivity index (χ1n) is 9.24. The van der Waals surface area contributed by atoms with Crippen molar-refractivity contribution in [1.29, 1.82) is 0 Å². The van der Waals surface area contributed by atoms with E-state index in [0.29, 0.717) is 21.7 Å². The van der Waals surface area contributed by atoms with Gasteiger partial charge in [0.2, 0.25) is 0 Å². The van der Waals surface area contributed by atoms with E-state index >= 15 is 0 Å². The van der Waals surface area contributed by atoms with Crippen LogP contribution >= 0.6 is 23.2 Å². The lowest BCUT2D eigenvalue weighted by molar-refractivity contribution is -0.108. The van der Waals surface area contributed by atoms with Crippen molar-refractivity contribution in [2.24, 2.45) is 0 Å². The molecule has 158 valence electrons. The van der Waals surface area contributed by atoms with Crippen molar-refractivity contribution in [3.8, 4) is 5.75 Å². The fraction of sp³-hybridized carbons (Fsp3) is 0.286. The number of ether oxygens (including phenoxy) is 1. The van der Waals surface area contributed by atoms with E-state index in [1.165, 1.54) is 4.90 Å². The van der Waals surface area contributed by atoms with Crippen LogP contribution in [0.1, 0.15) is 6.42 Å². The molecule has 0 radical (unpaired) electrons. The van der Waals surface area contributed by atoms with Crippen molar-refractivity contribution in [1.82, 2.24) is 4.98 Å². The molecular weight excluding hydrogens is 437 g/mol. The maximum absolute atomic E-state index is 14.2. The number of benzene rings is 2. The monoisotopic (exact) mass is 454 g/mol. The Morgan fingerprint density at radius 3 is 2.63 bits per heavy atom. The van der Waals surface area contributed by atoms with Crippen LogP contribution in [-0.2, 0) is 0 Å². The van der Waals surface area contributed by atoms with Gasteiger partial charge in [-0.15, -0.1) is 0 Å². The third-order valence-electron chi connectivity index (χ3n) is 5.28. The minimum Gasteiger partial charge on any atom is -0.488 e. The summed E-state index contributed by atoms with van der Waals surface area (Å²) in [7, 11) is 0. The van der Waals surface area contributed by atoms with Gasteiger partial charge in [0.05, 0.1) is 5.02 Å². The van der Waals surface area contributed by atoms with E-state index in [1.54, 1.807) is 30.5 Å².